The lowest BCUT2D eigenvalue weighted by Crippen LogP contribution is -2.27. The van der Waals surface area contributed by atoms with Crippen molar-refractivity contribution in [3.63, 3.8) is 0 Å². The van der Waals surface area contributed by atoms with Gasteiger partial charge in [0.1, 0.15) is 40.3 Å². The number of aromatic nitrogens is 12. The summed E-state index contributed by atoms with van der Waals surface area (Å²) < 4.78 is 84.6. The van der Waals surface area contributed by atoms with Crippen molar-refractivity contribution in [2.75, 3.05) is 39.5 Å². The van der Waals surface area contributed by atoms with E-state index in [1.165, 1.54) is 106 Å². The summed E-state index contributed by atoms with van der Waals surface area (Å²) >= 11 is 15.3. The second kappa shape index (κ2) is 38.3. The van der Waals surface area contributed by atoms with Crippen LogP contribution in [0.15, 0.2) is 108 Å². The molecule has 0 radical (unpaired) electrons. The number of primary amides is 1. The van der Waals surface area contributed by atoms with Crippen LogP contribution in [0.5, 0.6) is 0 Å². The molecule has 8 aromatic heterocycles. The van der Waals surface area contributed by atoms with Crippen molar-refractivity contribution in [3.05, 3.63) is 170 Å². The molecule has 4 unspecified atom stereocenters. The normalized spacial score (nSPS) is 12.0. The van der Waals surface area contributed by atoms with Crippen LogP contribution in [0.1, 0.15) is 127 Å². The SMILES string of the molecule is CC(C)(C)OC(N)=O.COC(C)c1c(F)cncc1Br.COC(C)c1c(F)cncc1CC(=O)Cc1cnc(-n2nccn2)c(Cl)c1.COC(C)c1c(F)cncc1NC(=O)OC(C)(C)C.COC(C)c1c(N)cncc1F.O=C=Nc1cnc(-n2nccn2)c(Cl)c1. The van der Waals surface area contributed by atoms with Gasteiger partial charge in [-0.3, -0.25) is 30.0 Å². The molecule has 0 aliphatic rings. The van der Waals surface area contributed by atoms with Gasteiger partial charge in [0.05, 0.1) is 120 Å². The highest BCUT2D eigenvalue weighted by molar-refractivity contribution is 9.10. The fraction of sp³-hybridized carbons (Fsp3) is 0.367. The Balaban J connectivity index is 0.000000304. The van der Waals surface area contributed by atoms with Gasteiger partial charge < -0.3 is 39.9 Å². The number of nitrogens with one attached hydrogen (secondary N) is 1. The molecule has 8 rings (SSSR count). The molecule has 2 amide bonds. The number of aliphatic imine (C=N–C) groups is 1. The number of carbonyl (C=O) groups is 3. The zero-order valence-electron chi connectivity index (χ0n) is 53.2. The number of methoxy groups -OCH3 is 4. The molecular weight excluding hydrogens is 1330 g/mol. The van der Waals surface area contributed by atoms with Crippen molar-refractivity contribution in [2.24, 2.45) is 10.7 Å². The Kier molecular flexibility index (Phi) is 32.3. The van der Waals surface area contributed by atoms with Crippen LogP contribution in [0.4, 0.5) is 44.2 Å². The Morgan fingerprint density at radius 3 is 1.48 bits per heavy atom. The number of ether oxygens (including phenoxy) is 6. The Labute approximate surface area is 552 Å². The lowest BCUT2D eigenvalue weighted by atomic mass is 9.98. The van der Waals surface area contributed by atoms with Gasteiger partial charge in [-0.25, -0.2) is 41.9 Å². The number of hydrogen-bond donors (Lipinski definition) is 3. The highest BCUT2D eigenvalue weighted by Crippen LogP contribution is 2.30. The highest BCUT2D eigenvalue weighted by Gasteiger charge is 2.23. The summed E-state index contributed by atoms with van der Waals surface area (Å²) in [6, 6.07) is 3.13. The maximum absolute atomic E-state index is 14.1. The molecule has 26 nitrogen and oxygen atoms in total. The Bertz CT molecular complexity index is 3640. The minimum Gasteiger partial charge on any atom is -0.444 e. The van der Waals surface area contributed by atoms with E-state index in [1.54, 1.807) is 87.7 Å². The number of nitrogen functional groups attached to an aromatic ring is 1. The van der Waals surface area contributed by atoms with E-state index in [2.05, 4.69) is 81.3 Å². The Hall–Kier alpha value is -8.81. The minimum atomic E-state index is -0.725. The number of anilines is 2. The standard InChI is InChI=1S/C18H17ClFN5O2.C13H19FN2O3.C8H9BrFNO.C8H4ClN5O.C8H11FN2O.C5H11NO2/c1-11(27-2)17-13(9-21-10-16(17)20)7-14(26)5-12-6-15(19)18(22-8-12)25-23-3-4-24-25;1-8(18-5)11-9(14)6-15-7-10(11)16-12(17)19-13(2,3)4;1-5(12-2)8-6(9)3-11-4-7(8)10;9-7-3-6(11-5-15)4-10-8(7)14-12-1-2-13-14;1-5(12-2)8-6(9)3-11-4-7(8)10;1-5(2,3)8-4(6)7/h3-4,6,8-11H,5,7H2,1-2H3;6-8H,1-5H3,(H,16,17);3-5H,1-2H3;1-4H;3-5H,10H2,1-2H3;1-3H3,(H2,6,7). The lowest BCUT2D eigenvalue weighted by molar-refractivity contribution is -0.117. The number of ketones is 1. The van der Waals surface area contributed by atoms with E-state index in [-0.39, 0.29) is 47.9 Å². The van der Waals surface area contributed by atoms with Gasteiger partial charge in [0.2, 0.25) is 6.08 Å². The summed E-state index contributed by atoms with van der Waals surface area (Å²) in [7, 11) is 5.99. The third-order valence-corrected chi connectivity index (χ3v) is 13.0. The number of nitrogens with zero attached hydrogens (tertiary/aromatic N) is 13. The quantitative estimate of drug-likeness (QED) is 0.0459. The zero-order chi connectivity index (χ0) is 69.8. The summed E-state index contributed by atoms with van der Waals surface area (Å²) in [5.41, 5.74) is 12.7. The number of pyridine rings is 6. The van der Waals surface area contributed by atoms with Gasteiger partial charge in [-0.1, -0.05) is 23.2 Å². The molecule has 5 N–H and O–H groups in total. The van der Waals surface area contributed by atoms with Crippen LogP contribution in [0.25, 0.3) is 11.6 Å². The average molecular weight is 1400 g/mol. The summed E-state index contributed by atoms with van der Waals surface area (Å²) in [6.45, 7) is 17.4. The van der Waals surface area contributed by atoms with Crippen LogP contribution in [0.3, 0.4) is 0 Å². The summed E-state index contributed by atoms with van der Waals surface area (Å²) in [5, 5.41) is 18.8. The van der Waals surface area contributed by atoms with Gasteiger partial charge in [0, 0.05) is 86.6 Å². The highest BCUT2D eigenvalue weighted by atomic mass is 79.9. The second-order valence-electron chi connectivity index (χ2n) is 21.0. The molecule has 8 heterocycles. The number of hydrogen-bond acceptors (Lipinski definition) is 22. The van der Waals surface area contributed by atoms with Gasteiger partial charge in [0.25, 0.3) is 0 Å². The van der Waals surface area contributed by atoms with E-state index in [0.717, 1.165) is 18.6 Å². The molecular formula is C60H71BrCl2F4N16O10. The average Bonchev–Trinajstić information content (AvgIpc) is 1.44. The Morgan fingerprint density at radius 1 is 0.602 bits per heavy atom. The van der Waals surface area contributed by atoms with Gasteiger partial charge in [-0.05, 0) is 108 Å². The van der Waals surface area contributed by atoms with E-state index in [9.17, 15) is 36.7 Å². The topological polar surface area (TPSA) is 339 Å². The smallest absolute Gasteiger partial charge is 0.412 e. The van der Waals surface area contributed by atoms with Crippen molar-refractivity contribution in [1.82, 2.24) is 59.9 Å². The number of carbonyl (C=O) groups excluding carboxylic acids is 4. The molecule has 93 heavy (non-hydrogen) atoms. The number of Topliss-reactive ketones (excluding diaryl/α,β-unsaturated/α-hetero) is 1. The lowest BCUT2D eigenvalue weighted by Gasteiger charge is -2.21. The van der Waals surface area contributed by atoms with Gasteiger partial charge in [-0.2, -0.15) is 25.4 Å². The van der Waals surface area contributed by atoms with Crippen molar-refractivity contribution < 1.29 is 65.2 Å². The molecule has 0 aliphatic heterocycles. The van der Waals surface area contributed by atoms with E-state index >= 15 is 0 Å². The van der Waals surface area contributed by atoms with E-state index in [4.69, 9.17) is 58.4 Å². The molecule has 0 saturated heterocycles. The molecule has 0 saturated carbocycles. The summed E-state index contributed by atoms with van der Waals surface area (Å²) in [5.74, 6) is -1.16. The van der Waals surface area contributed by atoms with Crippen molar-refractivity contribution >= 4 is 80.2 Å². The molecule has 500 valence electrons. The molecule has 8 aromatic rings. The molecule has 33 heteroatoms. The van der Waals surface area contributed by atoms with Crippen molar-refractivity contribution in [2.45, 2.75) is 118 Å². The van der Waals surface area contributed by atoms with Crippen LogP contribution >= 0.6 is 39.1 Å². The van der Waals surface area contributed by atoms with Gasteiger partial charge >= 0.3 is 12.2 Å². The first-order chi connectivity index (χ1) is 43.8. The maximum Gasteiger partial charge on any atom is 0.412 e. The third kappa shape index (κ3) is 26.4. The monoisotopic (exact) mass is 1400 g/mol. The number of halogens is 7. The second-order valence-corrected chi connectivity index (χ2v) is 22.6. The van der Waals surface area contributed by atoms with Crippen LogP contribution in [0, 0.1) is 23.3 Å². The van der Waals surface area contributed by atoms with Crippen LogP contribution < -0.4 is 16.8 Å². The Morgan fingerprint density at radius 2 is 1.03 bits per heavy atom. The van der Waals surface area contributed by atoms with E-state index in [1.807, 2.05) is 0 Å². The summed E-state index contributed by atoms with van der Waals surface area (Å²) in [4.78, 5) is 73.2. The third-order valence-electron chi connectivity index (χ3n) is 11.8. The molecule has 0 spiro atoms. The van der Waals surface area contributed by atoms with Crippen LogP contribution in [-0.2, 0) is 50.9 Å². The predicted octanol–water partition coefficient (Wildman–Crippen LogP) is 12.6. The van der Waals surface area contributed by atoms with Crippen LogP contribution in [0.2, 0.25) is 10.0 Å². The maximum atomic E-state index is 14.1. The molecule has 0 fully saturated rings. The fourth-order valence-electron chi connectivity index (χ4n) is 7.47. The molecule has 4 atom stereocenters. The van der Waals surface area contributed by atoms with Crippen molar-refractivity contribution in [3.8, 4) is 11.6 Å². The van der Waals surface area contributed by atoms with Gasteiger partial charge in [0.15, 0.2) is 11.6 Å². The first-order valence-electron chi connectivity index (χ1n) is 27.5. The largest absolute Gasteiger partial charge is 0.444 e. The fourth-order valence-corrected chi connectivity index (χ4v) is 8.60. The van der Waals surface area contributed by atoms with Gasteiger partial charge in [-0.15, -0.1) is 9.59 Å². The van der Waals surface area contributed by atoms with E-state index in [0.29, 0.717) is 65.3 Å². The zero-order valence-corrected chi connectivity index (χ0v) is 56.3. The molecule has 0 aromatic carbocycles. The predicted molar refractivity (Wildman–Crippen MR) is 339 cm³/mol. The first-order valence-corrected chi connectivity index (χ1v) is 29.0. The first kappa shape index (κ1) is 78.4. The number of amides is 2. The molecule has 0 aliphatic carbocycles. The number of rotatable bonds is 16. The number of isocyanates is 1. The molecule has 0 bridgehead atoms. The number of nitrogens with two attached hydrogens (primary N) is 2. The van der Waals surface area contributed by atoms with Crippen molar-refractivity contribution in [1.29, 1.82) is 0 Å². The summed E-state index contributed by atoms with van der Waals surface area (Å²) in [6.07, 6.45) is 17.9. The van der Waals surface area contributed by atoms with Crippen LogP contribution in [-0.4, -0.2) is 124 Å². The minimum absolute atomic E-state index is 0.0356. The van der Waals surface area contributed by atoms with E-state index < -0.39 is 53.0 Å².